The first-order chi connectivity index (χ1) is 26.7. The molecule has 0 unspecified atom stereocenters. The number of benzene rings is 11. The molecule has 0 heteroatoms. The van der Waals surface area contributed by atoms with E-state index in [1.165, 1.54) is 109 Å². The van der Waals surface area contributed by atoms with E-state index >= 15 is 0 Å². The molecule has 250 valence electrons. The van der Waals surface area contributed by atoms with Gasteiger partial charge in [-0.2, -0.15) is 0 Å². The van der Waals surface area contributed by atoms with Gasteiger partial charge in [-0.1, -0.05) is 170 Å². The van der Waals surface area contributed by atoms with E-state index in [1.807, 2.05) is 0 Å². The molecule has 11 aromatic rings. The first kappa shape index (κ1) is 30.6. The predicted molar refractivity (Wildman–Crippen MR) is 233 cm³/mol. The third kappa shape index (κ3) is 5.07. The summed E-state index contributed by atoms with van der Waals surface area (Å²) in [5, 5.41) is 15.2. The van der Waals surface area contributed by atoms with Gasteiger partial charge in [-0.05, 0) is 146 Å². The number of rotatable bonds is 4. The van der Waals surface area contributed by atoms with Gasteiger partial charge in [0.05, 0.1) is 0 Å². The normalized spacial score (nSPS) is 11.7. The second-order valence-corrected chi connectivity index (χ2v) is 14.5. The van der Waals surface area contributed by atoms with E-state index in [-0.39, 0.29) is 0 Å². The molecule has 0 heterocycles. The fourth-order valence-electron chi connectivity index (χ4n) is 8.65. The van der Waals surface area contributed by atoms with Gasteiger partial charge in [-0.3, -0.25) is 0 Å². The van der Waals surface area contributed by atoms with Crippen LogP contribution in [0.5, 0.6) is 0 Å². The molecule has 0 N–H and O–H groups in total. The molecule has 0 saturated carbocycles. The minimum Gasteiger partial charge on any atom is -0.0622 e. The predicted octanol–water partition coefficient (Wildman–Crippen LogP) is 15.3. The van der Waals surface area contributed by atoms with Crippen LogP contribution in [0.25, 0.3) is 109 Å². The van der Waals surface area contributed by atoms with Gasteiger partial charge in [0.2, 0.25) is 0 Å². The third-order valence-electron chi connectivity index (χ3n) is 11.4. The molecular formula is C54H34. The minimum atomic E-state index is 1.23. The molecule has 0 radical (unpaired) electrons. The van der Waals surface area contributed by atoms with Crippen LogP contribution in [0.2, 0.25) is 0 Å². The highest BCUT2D eigenvalue weighted by Crippen LogP contribution is 2.39. The molecule has 0 spiro atoms. The summed E-state index contributed by atoms with van der Waals surface area (Å²) >= 11 is 0. The van der Waals surface area contributed by atoms with E-state index in [9.17, 15) is 0 Å². The lowest BCUT2D eigenvalue weighted by atomic mass is 9.89. The highest BCUT2D eigenvalue weighted by atomic mass is 14.2. The maximum Gasteiger partial charge on any atom is -0.00988 e. The molecule has 11 aromatic carbocycles. The number of fused-ring (bicyclic) bond motifs is 8. The molecule has 11 rings (SSSR count). The van der Waals surface area contributed by atoms with Crippen LogP contribution in [-0.2, 0) is 0 Å². The first-order valence-corrected chi connectivity index (χ1v) is 18.7. The van der Waals surface area contributed by atoms with E-state index in [0.717, 1.165) is 0 Å². The van der Waals surface area contributed by atoms with E-state index in [2.05, 4.69) is 206 Å². The summed E-state index contributed by atoms with van der Waals surface area (Å²) in [6.07, 6.45) is 0. The molecule has 0 aliphatic carbocycles. The van der Waals surface area contributed by atoms with Crippen LogP contribution in [0.3, 0.4) is 0 Å². The van der Waals surface area contributed by atoms with Crippen molar-refractivity contribution >= 4 is 64.6 Å². The zero-order chi connectivity index (χ0) is 35.6. The Morgan fingerprint density at radius 1 is 0.167 bits per heavy atom. The van der Waals surface area contributed by atoms with Crippen LogP contribution >= 0.6 is 0 Å². The van der Waals surface area contributed by atoms with E-state index < -0.39 is 0 Å². The first-order valence-electron chi connectivity index (χ1n) is 18.7. The molecule has 0 saturated heterocycles. The van der Waals surface area contributed by atoms with Crippen LogP contribution in [-0.4, -0.2) is 0 Å². The van der Waals surface area contributed by atoms with Gasteiger partial charge in [0.1, 0.15) is 0 Å². The summed E-state index contributed by atoms with van der Waals surface area (Å²) in [5.74, 6) is 0. The van der Waals surface area contributed by atoms with Crippen molar-refractivity contribution in [2.24, 2.45) is 0 Å². The lowest BCUT2D eigenvalue weighted by Crippen LogP contribution is -1.88. The van der Waals surface area contributed by atoms with Gasteiger partial charge in [-0.25, -0.2) is 0 Å². The van der Waals surface area contributed by atoms with Crippen LogP contribution in [0.1, 0.15) is 0 Å². The largest absolute Gasteiger partial charge is 0.0622 e. The molecule has 0 fully saturated rings. The average molecular weight is 683 g/mol. The van der Waals surface area contributed by atoms with Crippen LogP contribution in [0, 0.1) is 0 Å². The van der Waals surface area contributed by atoms with Gasteiger partial charge in [0.25, 0.3) is 0 Å². The van der Waals surface area contributed by atoms with E-state index in [0.29, 0.717) is 0 Å². The van der Waals surface area contributed by atoms with Crippen molar-refractivity contribution in [3.05, 3.63) is 206 Å². The van der Waals surface area contributed by atoms with Crippen molar-refractivity contribution in [1.29, 1.82) is 0 Å². The SMILES string of the molecule is c1ccc(-c2cc3ccccc3cc2-c2ccc3c(ccc4cc(-c5ccc6c(ccc7cc(-c8cccc9ccccc89)ccc76)c5)ccc43)c2)cc1. The summed E-state index contributed by atoms with van der Waals surface area (Å²) in [4.78, 5) is 0. The minimum absolute atomic E-state index is 1.23. The van der Waals surface area contributed by atoms with Crippen LogP contribution in [0.4, 0.5) is 0 Å². The fourth-order valence-corrected chi connectivity index (χ4v) is 8.65. The molecule has 0 aliphatic rings. The number of hydrogen-bond acceptors (Lipinski definition) is 0. The molecule has 0 nitrogen and oxygen atoms in total. The van der Waals surface area contributed by atoms with Crippen molar-refractivity contribution in [2.45, 2.75) is 0 Å². The summed E-state index contributed by atoms with van der Waals surface area (Å²) in [6, 6.07) is 76.1. The van der Waals surface area contributed by atoms with E-state index in [4.69, 9.17) is 0 Å². The molecular weight excluding hydrogens is 649 g/mol. The monoisotopic (exact) mass is 682 g/mol. The standard InChI is InChI=1S/C54H34/c1-2-9-36(10-3-1)53-33-37-12-4-5-13-38(37)34-54(53)46-24-28-52-44(32-46)20-18-42-30-40(22-26-50(42)52)39-21-25-49-41(29-39)17-19-43-31-45(23-27-51(43)49)48-16-8-14-35-11-6-7-15-47(35)48/h1-34H. The summed E-state index contributed by atoms with van der Waals surface area (Å²) in [7, 11) is 0. The zero-order valence-corrected chi connectivity index (χ0v) is 29.6. The maximum atomic E-state index is 2.36. The Morgan fingerprint density at radius 3 is 1.13 bits per heavy atom. The smallest absolute Gasteiger partial charge is 0.00988 e. The highest BCUT2D eigenvalue weighted by Gasteiger charge is 2.13. The van der Waals surface area contributed by atoms with E-state index in [1.54, 1.807) is 0 Å². The Balaban J connectivity index is 0.952. The Kier molecular flexibility index (Phi) is 6.97. The van der Waals surface area contributed by atoms with Gasteiger partial charge in [0, 0.05) is 0 Å². The van der Waals surface area contributed by atoms with Crippen molar-refractivity contribution in [3.63, 3.8) is 0 Å². The highest BCUT2D eigenvalue weighted by molar-refractivity contribution is 6.12. The molecule has 0 amide bonds. The quantitative estimate of drug-likeness (QED) is 0.162. The lowest BCUT2D eigenvalue weighted by Gasteiger charge is -2.14. The van der Waals surface area contributed by atoms with Crippen LogP contribution in [0.15, 0.2) is 206 Å². The maximum absolute atomic E-state index is 2.36. The molecule has 0 atom stereocenters. The van der Waals surface area contributed by atoms with Crippen molar-refractivity contribution < 1.29 is 0 Å². The summed E-state index contributed by atoms with van der Waals surface area (Å²) in [5.41, 5.74) is 9.97. The third-order valence-corrected chi connectivity index (χ3v) is 11.4. The second kappa shape index (κ2) is 12.3. The Hall–Kier alpha value is -7.02. The topological polar surface area (TPSA) is 0 Å². The van der Waals surface area contributed by atoms with Gasteiger partial charge >= 0.3 is 0 Å². The van der Waals surface area contributed by atoms with Gasteiger partial charge in [0.15, 0.2) is 0 Å². The van der Waals surface area contributed by atoms with Crippen molar-refractivity contribution in [3.8, 4) is 44.5 Å². The van der Waals surface area contributed by atoms with Crippen molar-refractivity contribution in [1.82, 2.24) is 0 Å². The zero-order valence-electron chi connectivity index (χ0n) is 29.6. The van der Waals surface area contributed by atoms with Gasteiger partial charge in [-0.15, -0.1) is 0 Å². The molecule has 54 heavy (non-hydrogen) atoms. The number of hydrogen-bond donors (Lipinski definition) is 0. The van der Waals surface area contributed by atoms with Crippen molar-refractivity contribution in [2.75, 3.05) is 0 Å². The molecule has 0 aromatic heterocycles. The summed E-state index contributed by atoms with van der Waals surface area (Å²) < 4.78 is 0. The average Bonchev–Trinajstić information content (AvgIpc) is 3.25. The van der Waals surface area contributed by atoms with Crippen LogP contribution < -0.4 is 0 Å². The Labute approximate surface area is 314 Å². The summed E-state index contributed by atoms with van der Waals surface area (Å²) in [6.45, 7) is 0. The lowest BCUT2D eigenvalue weighted by molar-refractivity contribution is 1.62. The van der Waals surface area contributed by atoms with Gasteiger partial charge < -0.3 is 0 Å². The Morgan fingerprint density at radius 2 is 0.574 bits per heavy atom. The molecule has 0 bridgehead atoms. The molecule has 0 aliphatic heterocycles. The fraction of sp³-hybridized carbons (Fsp3) is 0. The Bertz CT molecular complexity index is 3250. The second-order valence-electron chi connectivity index (χ2n) is 14.5.